The van der Waals surface area contributed by atoms with Gasteiger partial charge in [0, 0.05) is 28.5 Å². The Morgan fingerprint density at radius 3 is 2.17 bits per heavy atom. The highest BCUT2D eigenvalue weighted by Crippen LogP contribution is 2.24. The number of rotatable bonds is 9. The first-order valence-electron chi connectivity index (χ1n) is 11.4. The van der Waals surface area contributed by atoms with Crippen LogP contribution in [0.2, 0.25) is 10.0 Å². The molecule has 184 valence electrons. The van der Waals surface area contributed by atoms with Crippen LogP contribution in [0.3, 0.4) is 0 Å². The second-order valence-corrected chi connectivity index (χ2v) is 10.1. The van der Waals surface area contributed by atoms with Gasteiger partial charge in [0.1, 0.15) is 11.8 Å². The first kappa shape index (κ1) is 26.6. The molecule has 3 rings (SSSR count). The van der Waals surface area contributed by atoms with Gasteiger partial charge in [0.2, 0.25) is 5.91 Å². The second-order valence-electron chi connectivity index (χ2n) is 9.30. The highest BCUT2D eigenvalue weighted by molar-refractivity contribution is 6.35. The highest BCUT2D eigenvalue weighted by Gasteiger charge is 2.32. The van der Waals surface area contributed by atoms with E-state index >= 15 is 0 Å². The Labute approximate surface area is 217 Å². The first-order valence-corrected chi connectivity index (χ1v) is 12.1. The van der Waals surface area contributed by atoms with E-state index in [1.807, 2.05) is 69.3 Å². The molecule has 0 aliphatic rings. The molecular weight excluding hydrogens is 483 g/mol. The summed E-state index contributed by atoms with van der Waals surface area (Å²) in [6.45, 7) is 5.63. The van der Waals surface area contributed by atoms with Crippen LogP contribution in [0.5, 0.6) is 5.75 Å². The summed E-state index contributed by atoms with van der Waals surface area (Å²) in [5.74, 6) is -0.00608. The third-order valence-corrected chi connectivity index (χ3v) is 5.82. The lowest BCUT2D eigenvalue weighted by Crippen LogP contribution is -2.55. The molecule has 3 aromatic carbocycles. The SMILES string of the molecule is CC(C)(C)NC(=O)[C@H](Cc1ccccc1)N(Cc1ccc(Cl)cc1Cl)C(=O)COc1ccccc1. The number of carbonyl (C=O) groups excluding carboxylic acids is 2. The molecule has 0 saturated heterocycles. The van der Waals surface area contributed by atoms with E-state index in [1.54, 1.807) is 30.3 Å². The van der Waals surface area contributed by atoms with Crippen LogP contribution in [0, 0.1) is 0 Å². The van der Waals surface area contributed by atoms with Crippen molar-refractivity contribution >= 4 is 35.0 Å². The zero-order valence-electron chi connectivity index (χ0n) is 20.1. The van der Waals surface area contributed by atoms with Gasteiger partial charge in [-0.25, -0.2) is 0 Å². The van der Waals surface area contributed by atoms with E-state index in [9.17, 15) is 9.59 Å². The minimum Gasteiger partial charge on any atom is -0.484 e. The Hall–Kier alpha value is -3.02. The maximum atomic E-state index is 13.6. The maximum absolute atomic E-state index is 13.6. The lowest BCUT2D eigenvalue weighted by Gasteiger charge is -2.34. The average molecular weight is 513 g/mol. The monoisotopic (exact) mass is 512 g/mol. The van der Waals surface area contributed by atoms with Gasteiger partial charge >= 0.3 is 0 Å². The lowest BCUT2D eigenvalue weighted by molar-refractivity contribution is -0.143. The molecule has 0 saturated carbocycles. The normalized spacial score (nSPS) is 12.0. The number of nitrogens with one attached hydrogen (secondary N) is 1. The Bertz CT molecular complexity index is 1130. The molecule has 0 fully saturated rings. The zero-order chi connectivity index (χ0) is 25.4. The highest BCUT2D eigenvalue weighted by atomic mass is 35.5. The van der Waals surface area contributed by atoms with E-state index in [0.717, 1.165) is 5.56 Å². The van der Waals surface area contributed by atoms with E-state index in [0.29, 0.717) is 27.8 Å². The molecule has 0 radical (unpaired) electrons. The van der Waals surface area contributed by atoms with Crippen LogP contribution in [0.15, 0.2) is 78.9 Å². The van der Waals surface area contributed by atoms with Crippen LogP contribution < -0.4 is 10.1 Å². The summed E-state index contributed by atoms with van der Waals surface area (Å²) in [5, 5.41) is 3.95. The van der Waals surface area contributed by atoms with E-state index in [1.165, 1.54) is 4.90 Å². The molecule has 0 spiro atoms. The summed E-state index contributed by atoms with van der Waals surface area (Å²) in [5.41, 5.74) is 1.15. The van der Waals surface area contributed by atoms with Crippen molar-refractivity contribution in [2.45, 2.75) is 45.3 Å². The molecule has 0 aliphatic heterocycles. The van der Waals surface area contributed by atoms with Crippen LogP contribution in [0.1, 0.15) is 31.9 Å². The van der Waals surface area contributed by atoms with Gasteiger partial charge in [0.05, 0.1) is 0 Å². The second kappa shape index (κ2) is 12.1. The molecule has 3 aromatic rings. The molecule has 5 nitrogen and oxygen atoms in total. The zero-order valence-corrected chi connectivity index (χ0v) is 21.6. The van der Waals surface area contributed by atoms with Crippen molar-refractivity contribution in [1.82, 2.24) is 10.2 Å². The molecule has 1 atom stereocenters. The Kier molecular flexibility index (Phi) is 9.19. The number of amides is 2. The molecule has 0 aliphatic carbocycles. The molecular formula is C28H30Cl2N2O3. The number of halogens is 2. The minimum atomic E-state index is -0.782. The van der Waals surface area contributed by atoms with Crippen molar-refractivity contribution in [3.63, 3.8) is 0 Å². The summed E-state index contributed by atoms with van der Waals surface area (Å²) in [6.07, 6.45) is 0.338. The fourth-order valence-corrected chi connectivity index (χ4v) is 4.05. The molecule has 2 amide bonds. The number of hydrogen-bond acceptors (Lipinski definition) is 3. The standard InChI is InChI=1S/C28H30Cl2N2O3/c1-28(2,3)31-27(34)25(16-20-10-6-4-7-11-20)32(18-21-14-15-22(29)17-24(21)30)26(33)19-35-23-12-8-5-9-13-23/h4-15,17,25H,16,18-19H2,1-3H3,(H,31,34)/t25-/m0/s1. The average Bonchev–Trinajstić information content (AvgIpc) is 2.81. The quantitative estimate of drug-likeness (QED) is 0.386. The van der Waals surface area contributed by atoms with Gasteiger partial charge in [-0.3, -0.25) is 9.59 Å². The predicted octanol–water partition coefficient (Wildman–Crippen LogP) is 5.93. The van der Waals surface area contributed by atoms with Crippen molar-refractivity contribution in [1.29, 1.82) is 0 Å². The number of carbonyl (C=O) groups is 2. The van der Waals surface area contributed by atoms with Crippen LogP contribution in [-0.2, 0) is 22.6 Å². The number of nitrogens with zero attached hydrogens (tertiary/aromatic N) is 1. The Balaban J connectivity index is 1.95. The van der Waals surface area contributed by atoms with Crippen molar-refractivity contribution < 1.29 is 14.3 Å². The maximum Gasteiger partial charge on any atom is 0.261 e. The van der Waals surface area contributed by atoms with Gasteiger partial charge in [-0.05, 0) is 56.2 Å². The number of para-hydroxylation sites is 1. The molecule has 35 heavy (non-hydrogen) atoms. The predicted molar refractivity (Wildman–Crippen MR) is 141 cm³/mol. The van der Waals surface area contributed by atoms with Gasteiger partial charge < -0.3 is 15.0 Å². The molecule has 0 bridgehead atoms. The van der Waals surface area contributed by atoms with Gasteiger partial charge in [0.25, 0.3) is 5.91 Å². The summed E-state index contributed by atoms with van der Waals surface area (Å²) in [7, 11) is 0. The van der Waals surface area contributed by atoms with E-state index in [4.69, 9.17) is 27.9 Å². The molecule has 0 aromatic heterocycles. The largest absolute Gasteiger partial charge is 0.484 e. The number of benzene rings is 3. The topological polar surface area (TPSA) is 58.6 Å². The molecule has 0 heterocycles. The van der Waals surface area contributed by atoms with Crippen LogP contribution >= 0.6 is 23.2 Å². The van der Waals surface area contributed by atoms with Crippen LogP contribution in [0.25, 0.3) is 0 Å². The number of ether oxygens (including phenoxy) is 1. The van der Waals surface area contributed by atoms with Crippen molar-refractivity contribution in [3.8, 4) is 5.75 Å². The first-order chi connectivity index (χ1) is 16.6. The van der Waals surface area contributed by atoms with Crippen LogP contribution in [-0.4, -0.2) is 34.9 Å². The summed E-state index contributed by atoms with van der Waals surface area (Å²) in [4.78, 5) is 28.6. The Morgan fingerprint density at radius 2 is 1.57 bits per heavy atom. The molecule has 1 N–H and O–H groups in total. The van der Waals surface area contributed by atoms with E-state index in [2.05, 4.69) is 5.32 Å². The van der Waals surface area contributed by atoms with Crippen LogP contribution in [0.4, 0.5) is 0 Å². The third-order valence-electron chi connectivity index (χ3n) is 5.23. The minimum absolute atomic E-state index is 0.127. The van der Waals surface area contributed by atoms with Crippen molar-refractivity contribution in [2.75, 3.05) is 6.61 Å². The van der Waals surface area contributed by atoms with Gasteiger partial charge in [0.15, 0.2) is 6.61 Å². The summed E-state index contributed by atoms with van der Waals surface area (Å²) >= 11 is 12.5. The third kappa shape index (κ3) is 8.30. The van der Waals surface area contributed by atoms with E-state index < -0.39 is 11.6 Å². The van der Waals surface area contributed by atoms with E-state index in [-0.39, 0.29) is 25.0 Å². The summed E-state index contributed by atoms with van der Waals surface area (Å²) in [6, 6.07) is 23.0. The summed E-state index contributed by atoms with van der Waals surface area (Å²) < 4.78 is 5.74. The van der Waals surface area contributed by atoms with Crippen molar-refractivity contribution in [2.24, 2.45) is 0 Å². The van der Waals surface area contributed by atoms with Gasteiger partial charge in [-0.1, -0.05) is 77.8 Å². The van der Waals surface area contributed by atoms with Crippen molar-refractivity contribution in [3.05, 3.63) is 100 Å². The number of hydrogen-bond donors (Lipinski definition) is 1. The molecule has 7 heteroatoms. The fourth-order valence-electron chi connectivity index (χ4n) is 3.59. The lowest BCUT2D eigenvalue weighted by atomic mass is 10.0. The van der Waals surface area contributed by atoms with Gasteiger partial charge in [-0.2, -0.15) is 0 Å². The fraction of sp³-hybridized carbons (Fsp3) is 0.286. The van der Waals surface area contributed by atoms with Gasteiger partial charge in [-0.15, -0.1) is 0 Å². The molecule has 0 unspecified atom stereocenters. The Morgan fingerprint density at radius 1 is 0.943 bits per heavy atom. The smallest absolute Gasteiger partial charge is 0.261 e.